The number of hydrogen-bond donors (Lipinski definition) is 13. The number of carbonyl (C=O) groups is 11. The van der Waals surface area contributed by atoms with E-state index < -0.39 is 98.4 Å². The van der Waals surface area contributed by atoms with Crippen LogP contribution in [-0.4, -0.2) is 307 Å². The van der Waals surface area contributed by atoms with Crippen LogP contribution in [0.2, 0.25) is 0 Å². The van der Waals surface area contributed by atoms with Crippen LogP contribution in [0.1, 0.15) is 226 Å². The third-order valence-corrected chi connectivity index (χ3v) is 24.0. The first-order valence-electron chi connectivity index (χ1n) is 44.2. The Morgan fingerprint density at radius 3 is 1.28 bits per heavy atom. The number of carboxylic acids is 1. The number of fused-ring (bicyclic) bond motifs is 6. The van der Waals surface area contributed by atoms with E-state index in [1.54, 1.807) is 20.8 Å². The SMILES string of the molecule is CC1CC(=O)C1.CC1CC(N(CC(=O)NN)C(=O)OC(C)(C)C)C1.COC(=O)CN.COC(=O)CN(C(=O)OC(C)(C)C)C1CC(C)C1.COC(=O)CNC1CC(C)C1.NC1CC(NCc2nnc([C@@H]3CC[C@@H]4CN3C(=O)N4OS(=O)(=O)O)o2)C1.NC1CC(NCc2nnc([C@@H]3CC[C@@H]4CN3C(=O)N4OS(=O)(=O)O)o2)C1.NN.O.O=C(O)[C@@H]1CC[C@@H]2CN1C(=O)N2OCc1ccccc1. The zero-order chi connectivity index (χ0) is 98.7. The molecule has 6 atom stereocenters. The first-order valence-corrected chi connectivity index (χ1v) is 46.9. The molecule has 51 nitrogen and oxygen atoms in total. The number of rotatable bonds is 26. The molecule has 3 aromatic rings. The van der Waals surface area contributed by atoms with Crippen molar-refractivity contribution >= 4 is 86.6 Å². The molecule has 21 N–H and O–H groups in total. The van der Waals surface area contributed by atoms with Gasteiger partial charge in [-0.05, 0) is 174 Å². The van der Waals surface area contributed by atoms with E-state index in [9.17, 15) is 69.6 Å². The second kappa shape index (κ2) is 51.9. The topological polar surface area (TPSA) is 730 Å². The Morgan fingerprint density at radius 1 is 0.530 bits per heavy atom. The maximum absolute atomic E-state index is 12.4. The number of esters is 3. The van der Waals surface area contributed by atoms with Crippen molar-refractivity contribution in [2.45, 2.75) is 294 Å². The summed E-state index contributed by atoms with van der Waals surface area (Å²) < 4.78 is 105. The summed E-state index contributed by atoms with van der Waals surface area (Å²) in [5.41, 5.74) is 18.2. The van der Waals surface area contributed by atoms with E-state index in [1.165, 1.54) is 63.7 Å². The number of amides is 9. The number of piperidine rings is 3. The van der Waals surface area contributed by atoms with E-state index in [1.807, 2.05) is 56.5 Å². The van der Waals surface area contributed by atoms with Crippen LogP contribution in [0, 0.1) is 23.7 Å². The summed E-state index contributed by atoms with van der Waals surface area (Å²) in [6.45, 7) is 21.7. The number of carbonyl (C=O) groups excluding carboxylic acids is 10. The Balaban J connectivity index is 0.000000243. The van der Waals surface area contributed by atoms with Crippen molar-refractivity contribution in [3.8, 4) is 0 Å². The Hall–Kier alpha value is -9.83. The minimum Gasteiger partial charge on any atom is -0.480 e. The number of ketones is 1. The van der Waals surface area contributed by atoms with E-state index in [0.29, 0.717) is 147 Å². The maximum Gasteiger partial charge on any atom is 0.418 e. The zero-order valence-corrected chi connectivity index (χ0v) is 79.8. The second-order valence-corrected chi connectivity index (χ2v) is 38.7. The number of hydrogen-bond acceptors (Lipinski definition) is 38. The van der Waals surface area contributed by atoms with Gasteiger partial charge in [-0.2, -0.15) is 32.0 Å². The number of ether oxygens (including phenoxy) is 5. The van der Waals surface area contributed by atoms with Gasteiger partial charge in [-0.3, -0.25) is 64.8 Å². The van der Waals surface area contributed by atoms with Crippen LogP contribution in [-0.2, 0) is 106 Å². The lowest BCUT2D eigenvalue weighted by atomic mass is 9.81. The summed E-state index contributed by atoms with van der Waals surface area (Å²) in [6, 6.07) is 7.27. The second-order valence-electron chi connectivity index (χ2n) is 36.7. The summed E-state index contributed by atoms with van der Waals surface area (Å²) in [5, 5.41) is 37.6. The average Bonchev–Trinajstić information content (AvgIpc) is 1.62. The molecule has 0 spiro atoms. The Kier molecular flexibility index (Phi) is 43.7. The Bertz CT molecular complexity index is 4330. The molecule has 6 saturated carbocycles. The monoisotopic (exact) mass is 1950 g/mol. The number of aromatic nitrogens is 4. The van der Waals surface area contributed by atoms with Crippen molar-refractivity contribution in [2.24, 2.45) is 58.4 Å². The molecule has 12 fully saturated rings. The fourth-order valence-electron chi connectivity index (χ4n) is 16.1. The van der Waals surface area contributed by atoms with Crippen LogP contribution < -0.4 is 56.1 Å². The van der Waals surface area contributed by atoms with Gasteiger partial charge in [0.15, 0.2) is 0 Å². The number of methoxy groups -OCH3 is 3. The van der Waals surface area contributed by atoms with E-state index in [2.05, 4.69) is 98.5 Å². The highest BCUT2D eigenvalue weighted by atomic mass is 32.3. The summed E-state index contributed by atoms with van der Waals surface area (Å²) in [4.78, 5) is 138. The molecule has 53 heteroatoms. The van der Waals surface area contributed by atoms with Gasteiger partial charge in [0.1, 0.15) is 54.8 Å². The van der Waals surface area contributed by atoms with Crippen molar-refractivity contribution in [3.05, 3.63) is 59.5 Å². The average molecular weight is 1950 g/mol. The molecule has 8 heterocycles. The molecule has 1 aromatic carbocycles. The first kappa shape index (κ1) is 113. The van der Waals surface area contributed by atoms with Crippen LogP contribution in [0.25, 0.3) is 0 Å². The van der Waals surface area contributed by atoms with Gasteiger partial charge in [-0.15, -0.1) is 29.0 Å². The van der Waals surface area contributed by atoms with E-state index in [-0.39, 0.29) is 92.3 Å². The lowest BCUT2D eigenvalue weighted by Crippen LogP contribution is -2.53. The Labute approximate surface area is 779 Å². The molecule has 6 aliphatic heterocycles. The minimum atomic E-state index is -4.76. The molecule has 6 aliphatic carbocycles. The number of hydroxylamine groups is 6. The summed E-state index contributed by atoms with van der Waals surface area (Å²) in [6.07, 6.45) is 13.6. The maximum atomic E-state index is 12.4. The van der Waals surface area contributed by atoms with Gasteiger partial charge in [-0.1, -0.05) is 58.0 Å². The van der Waals surface area contributed by atoms with E-state index in [4.69, 9.17) is 60.4 Å². The molecule has 9 amide bonds. The lowest BCUT2D eigenvalue weighted by molar-refractivity contribution is -0.144. The number of aliphatic carboxylic acids is 1. The Morgan fingerprint density at radius 2 is 0.925 bits per heavy atom. The van der Waals surface area contributed by atoms with Gasteiger partial charge >= 0.3 is 75.0 Å². The van der Waals surface area contributed by atoms with E-state index in [0.717, 1.165) is 75.7 Å². The van der Waals surface area contributed by atoms with Crippen LogP contribution >= 0.6 is 0 Å². The molecular weight excluding hydrogens is 1810 g/mol. The molecular formula is C81H138N22O29S2. The first-order chi connectivity index (χ1) is 62.5. The largest absolute Gasteiger partial charge is 0.480 e. The van der Waals surface area contributed by atoms with Gasteiger partial charge in [-0.25, -0.2) is 34.6 Å². The molecule has 0 radical (unpaired) electrons. The number of Topliss-reactive ketones (excluding diaryl/α,β-unsaturated/α-hetero) is 1. The highest BCUT2D eigenvalue weighted by Crippen LogP contribution is 2.42. The zero-order valence-electron chi connectivity index (χ0n) is 78.2. The van der Waals surface area contributed by atoms with Crippen molar-refractivity contribution in [3.63, 3.8) is 0 Å². The number of carboxylic acid groups (broad SMARTS) is 1. The van der Waals surface area contributed by atoms with Gasteiger partial charge in [0.25, 0.3) is 5.91 Å². The number of benzene rings is 1. The predicted molar refractivity (Wildman–Crippen MR) is 472 cm³/mol. The highest BCUT2D eigenvalue weighted by molar-refractivity contribution is 7.81. The van der Waals surface area contributed by atoms with Gasteiger partial charge in [0, 0.05) is 74.8 Å². The number of nitrogens with two attached hydrogens (primary N) is 6. The van der Waals surface area contributed by atoms with Crippen molar-refractivity contribution in [2.75, 3.05) is 67.1 Å². The molecule has 2 aromatic heterocycles. The van der Waals surface area contributed by atoms with Crippen molar-refractivity contribution in [1.82, 2.24) is 81.5 Å². The quantitative estimate of drug-likeness (QED) is 0.0136. The molecule has 134 heavy (non-hydrogen) atoms. The fraction of sp³-hybridized carbons (Fsp3) is 0.741. The summed E-state index contributed by atoms with van der Waals surface area (Å²) in [7, 11) is -5.50. The molecule has 15 rings (SSSR count). The minimum absolute atomic E-state index is 0. The van der Waals surface area contributed by atoms with Gasteiger partial charge in [0.05, 0.1) is 65.6 Å². The van der Waals surface area contributed by atoms with Crippen LogP contribution in [0.3, 0.4) is 0 Å². The number of hydrazine groups is 2. The van der Waals surface area contributed by atoms with Gasteiger partial charge < -0.3 is 91.0 Å². The normalized spacial score (nSPS) is 25.9. The highest BCUT2D eigenvalue weighted by Gasteiger charge is 2.52. The summed E-state index contributed by atoms with van der Waals surface area (Å²) in [5.74, 6) is 15.3. The van der Waals surface area contributed by atoms with Crippen LogP contribution in [0.5, 0.6) is 0 Å². The number of urea groups is 3. The predicted octanol–water partition coefficient (Wildman–Crippen LogP) is 1.97. The third kappa shape index (κ3) is 35.4. The molecule has 6 saturated heterocycles. The lowest BCUT2D eigenvalue weighted by Gasteiger charge is -2.41. The molecule has 12 aliphatic rings. The third-order valence-electron chi connectivity index (χ3n) is 23.3. The standard InChI is InChI=1S/C14H16N2O4.2C13H20N6O6S.C13H23NO4.C12H23N3O3.C8H15NO2.C5H8O.C3H7NO2.H4N2.H2O/c17-13(18)12-7-6-11-8-15(12)14(19)16(11)20-9-10-4-2-1-3-5-10;2*14-7-3-8(4-7)15-5-11-16-17-12(24-11)10-2-1-9-6-18(10)13(20)19(9)25-26(21,22)23;1-9-6-10(7-9)14(8-11(15)17-5)12(16)18-13(2,3)4;1-8-5-9(6-8)15(7-10(16)14-13)11(17)18-12(2,3)4;1-6-3-7(4-6)9-5-8(10)11-2;1-4-2-5(6)3-4;1-6-3(5)2-4;1-2;/h1-5,11-12H,6-9H2,(H,17,18);2*7-10,15H,1-6,14H2,(H,21,22,23);9-10H,6-8H2,1-5H3;8-9H,5-7,13H2,1-4H3,(H,14,16);6-7,9H,3-5H2,1-2H3;4H,2-3H2,1H3;2,4H2,1H3;1-2H2;1H2/t11-,12+;2*7?,8?,9-,10+;;;;;;;/m111......./s1. The van der Waals surface area contributed by atoms with Crippen LogP contribution in [0.15, 0.2) is 39.2 Å². The molecule has 758 valence electrons. The number of nitrogens with zero attached hydrogens (tertiary/aromatic N) is 12. The van der Waals surface area contributed by atoms with Gasteiger partial charge in [0.2, 0.25) is 23.6 Å². The number of nitrogens with one attached hydrogen (secondary N) is 4. The molecule has 0 unspecified atom stereocenters. The van der Waals surface area contributed by atoms with Crippen LogP contribution in [0.4, 0.5) is 24.0 Å². The fourth-order valence-corrected chi connectivity index (χ4v) is 16.9. The van der Waals surface area contributed by atoms with Crippen molar-refractivity contribution < 1.29 is 135 Å². The summed E-state index contributed by atoms with van der Waals surface area (Å²) >= 11 is 0. The molecule has 6 bridgehead atoms. The van der Waals surface area contributed by atoms with E-state index >= 15 is 0 Å². The van der Waals surface area contributed by atoms with Crippen molar-refractivity contribution in [1.29, 1.82) is 0 Å². The smallest absolute Gasteiger partial charge is 0.418 e.